The zero-order chi connectivity index (χ0) is 24.3. The number of halogens is 4. The zero-order valence-electron chi connectivity index (χ0n) is 17.3. The molecular weight excluding hydrogens is 521 g/mol. The van der Waals surface area contributed by atoms with Crippen LogP contribution in [-0.4, -0.2) is 63.6 Å². The van der Waals surface area contributed by atoms with Crippen LogP contribution < -0.4 is 10.6 Å². The maximum absolute atomic E-state index is 12.9. The number of hydrogen-bond acceptors (Lipinski definition) is 5. The summed E-state index contributed by atoms with van der Waals surface area (Å²) in [4.78, 5) is 43.6. The lowest BCUT2D eigenvalue weighted by atomic mass is 9.74. The average molecular weight is 537 g/mol. The Balaban J connectivity index is 1.36. The molecule has 0 saturated carbocycles. The third kappa shape index (κ3) is 3.69. The minimum atomic E-state index is -4.51. The lowest BCUT2D eigenvalue weighted by Gasteiger charge is -2.46. The summed E-state index contributed by atoms with van der Waals surface area (Å²) in [5, 5.41) is 11.3. The summed E-state index contributed by atoms with van der Waals surface area (Å²) in [6, 6.07) is 6.45. The number of aromatic amines is 1. The summed E-state index contributed by atoms with van der Waals surface area (Å²) in [5.41, 5.74) is 1.98. The van der Waals surface area contributed by atoms with E-state index in [2.05, 4.69) is 36.4 Å². The second kappa shape index (κ2) is 7.79. The number of alkyl halides is 3. The highest BCUT2D eigenvalue weighted by Crippen LogP contribution is 2.49. The van der Waals surface area contributed by atoms with Crippen molar-refractivity contribution in [2.45, 2.75) is 18.0 Å². The van der Waals surface area contributed by atoms with Gasteiger partial charge in [-0.2, -0.15) is 18.3 Å². The molecule has 3 aromatic rings. The van der Waals surface area contributed by atoms with E-state index >= 15 is 0 Å². The first kappa shape index (κ1) is 22.3. The quantitative estimate of drug-likeness (QED) is 0.472. The first-order valence-corrected chi connectivity index (χ1v) is 10.9. The van der Waals surface area contributed by atoms with Gasteiger partial charge in [0, 0.05) is 28.8 Å². The summed E-state index contributed by atoms with van der Waals surface area (Å²) < 4.78 is 37.6. The molecule has 1 aromatic carbocycles. The van der Waals surface area contributed by atoms with Crippen LogP contribution in [0.4, 0.5) is 18.9 Å². The second-order valence-electron chi connectivity index (χ2n) is 8.23. The number of rotatable bonds is 4. The van der Waals surface area contributed by atoms with E-state index < -0.39 is 24.0 Å². The maximum Gasteiger partial charge on any atom is 0.405 e. The molecule has 1 saturated heterocycles. The van der Waals surface area contributed by atoms with E-state index in [1.807, 2.05) is 5.32 Å². The van der Waals surface area contributed by atoms with Crippen LogP contribution in [0.25, 0.3) is 11.0 Å². The molecule has 3 N–H and O–H groups in total. The van der Waals surface area contributed by atoms with Crippen molar-refractivity contribution in [2.75, 3.05) is 25.0 Å². The lowest BCUT2D eigenvalue weighted by molar-refractivity contribution is -0.138. The molecule has 1 fully saturated rings. The number of hydrogen-bond donors (Lipinski definition) is 3. The van der Waals surface area contributed by atoms with Crippen molar-refractivity contribution in [2.24, 2.45) is 0 Å². The van der Waals surface area contributed by atoms with E-state index in [-0.39, 0.29) is 37.0 Å². The number of amides is 3. The largest absolute Gasteiger partial charge is 0.405 e. The summed E-state index contributed by atoms with van der Waals surface area (Å²) in [5.74, 6) is -1.42. The number of aromatic nitrogens is 3. The molecule has 0 unspecified atom stereocenters. The van der Waals surface area contributed by atoms with Gasteiger partial charge < -0.3 is 15.5 Å². The Bertz CT molecular complexity index is 1350. The maximum atomic E-state index is 12.9. The molecule has 0 aliphatic carbocycles. The summed E-state index contributed by atoms with van der Waals surface area (Å²) >= 11 is 3.43. The number of fused-ring (bicyclic) bond motifs is 3. The van der Waals surface area contributed by atoms with Gasteiger partial charge >= 0.3 is 6.18 Å². The Hall–Kier alpha value is -3.48. The monoisotopic (exact) mass is 536 g/mol. The number of anilines is 1. The Morgan fingerprint density at radius 1 is 1.21 bits per heavy atom. The number of benzene rings is 1. The van der Waals surface area contributed by atoms with Crippen molar-refractivity contribution >= 4 is 50.4 Å². The Kier molecular flexibility index (Phi) is 5.11. The Morgan fingerprint density at radius 3 is 2.71 bits per heavy atom. The van der Waals surface area contributed by atoms with Crippen LogP contribution >= 0.6 is 15.9 Å². The minimum Gasteiger partial charge on any atom is -0.347 e. The molecule has 2 aliphatic rings. The van der Waals surface area contributed by atoms with Crippen LogP contribution in [0, 0.1) is 0 Å². The van der Waals surface area contributed by atoms with Crippen molar-refractivity contribution in [1.29, 1.82) is 0 Å². The number of H-pyrrole nitrogens is 1. The van der Waals surface area contributed by atoms with Gasteiger partial charge in [0.05, 0.1) is 18.1 Å². The fraction of sp³-hybridized carbons (Fsp3) is 0.286. The third-order valence-electron chi connectivity index (χ3n) is 5.94. The topological polar surface area (TPSA) is 120 Å². The number of pyridine rings is 1. The van der Waals surface area contributed by atoms with Gasteiger partial charge in [0.1, 0.15) is 23.2 Å². The molecule has 34 heavy (non-hydrogen) atoms. The summed E-state index contributed by atoms with van der Waals surface area (Å²) in [6.07, 6.45) is -3.30. The standard InChI is InChI=1S/C21H16BrF3N6O3/c22-17-10(5-15(32)26-7-21(23,24)25)1-2-12-16(17)20(19(34)29-12)8-31(9-20)18(33)13-4-3-11-14(28-13)6-27-30-11/h1-4,6H,5,7-9H2,(H,26,32)(H,27,30)(H,29,34). The molecule has 2 aromatic heterocycles. The van der Waals surface area contributed by atoms with E-state index in [9.17, 15) is 27.6 Å². The average Bonchev–Trinajstić information content (AvgIpc) is 3.33. The predicted molar refractivity (Wildman–Crippen MR) is 117 cm³/mol. The van der Waals surface area contributed by atoms with Crippen molar-refractivity contribution in [3.63, 3.8) is 0 Å². The molecule has 3 amide bonds. The van der Waals surface area contributed by atoms with Gasteiger partial charge in [0.2, 0.25) is 11.8 Å². The van der Waals surface area contributed by atoms with Crippen LogP contribution in [0.1, 0.15) is 21.6 Å². The number of likely N-dealkylation sites (tertiary alicyclic amines) is 1. The van der Waals surface area contributed by atoms with Gasteiger partial charge in [-0.05, 0) is 23.8 Å². The van der Waals surface area contributed by atoms with E-state index in [1.54, 1.807) is 24.3 Å². The zero-order valence-corrected chi connectivity index (χ0v) is 18.9. The highest BCUT2D eigenvalue weighted by Gasteiger charge is 2.57. The predicted octanol–water partition coefficient (Wildman–Crippen LogP) is 2.29. The van der Waals surface area contributed by atoms with Crippen molar-refractivity contribution in [3.05, 3.63) is 51.8 Å². The van der Waals surface area contributed by atoms with Gasteiger partial charge in [-0.1, -0.05) is 22.0 Å². The van der Waals surface area contributed by atoms with Crippen LogP contribution in [-0.2, 0) is 21.4 Å². The highest BCUT2D eigenvalue weighted by molar-refractivity contribution is 9.10. The van der Waals surface area contributed by atoms with Crippen LogP contribution in [0.5, 0.6) is 0 Å². The molecule has 13 heteroatoms. The van der Waals surface area contributed by atoms with Crippen LogP contribution in [0.3, 0.4) is 0 Å². The van der Waals surface area contributed by atoms with Gasteiger partial charge in [0.15, 0.2) is 0 Å². The van der Waals surface area contributed by atoms with Crippen molar-refractivity contribution in [1.82, 2.24) is 25.4 Å². The number of nitrogens with one attached hydrogen (secondary N) is 3. The number of carbonyl (C=O) groups is 3. The van der Waals surface area contributed by atoms with E-state index in [4.69, 9.17) is 0 Å². The molecule has 4 heterocycles. The molecule has 0 bridgehead atoms. The van der Waals surface area contributed by atoms with Gasteiger partial charge in [0.25, 0.3) is 5.91 Å². The molecule has 5 rings (SSSR count). The molecule has 0 radical (unpaired) electrons. The molecule has 9 nitrogen and oxygen atoms in total. The summed E-state index contributed by atoms with van der Waals surface area (Å²) in [7, 11) is 0. The van der Waals surface area contributed by atoms with E-state index in [0.29, 0.717) is 32.3 Å². The van der Waals surface area contributed by atoms with Gasteiger partial charge in [-0.25, -0.2) is 4.98 Å². The lowest BCUT2D eigenvalue weighted by Crippen LogP contribution is -2.64. The SMILES string of the molecule is O=C(Cc1ccc2c(c1Br)C1(CN(C(=O)c3ccc4[nH]ncc4n3)C1)C(=O)N2)NCC(F)(F)F. The first-order chi connectivity index (χ1) is 16.1. The normalized spacial score (nSPS) is 16.4. The second-order valence-corrected chi connectivity index (χ2v) is 9.02. The van der Waals surface area contributed by atoms with Crippen molar-refractivity contribution in [3.8, 4) is 0 Å². The molecule has 0 atom stereocenters. The van der Waals surface area contributed by atoms with Crippen molar-refractivity contribution < 1.29 is 27.6 Å². The number of nitrogens with zero attached hydrogens (tertiary/aromatic N) is 3. The van der Waals surface area contributed by atoms with Gasteiger partial charge in [-0.15, -0.1) is 0 Å². The molecule has 2 aliphatic heterocycles. The Labute approximate surface area is 198 Å². The van der Waals surface area contributed by atoms with E-state index in [0.717, 1.165) is 0 Å². The fourth-order valence-corrected chi connectivity index (χ4v) is 5.15. The summed E-state index contributed by atoms with van der Waals surface area (Å²) in [6.45, 7) is -1.23. The molecule has 1 spiro atoms. The van der Waals surface area contributed by atoms with Crippen LogP contribution in [0.15, 0.2) is 34.9 Å². The highest BCUT2D eigenvalue weighted by atomic mass is 79.9. The van der Waals surface area contributed by atoms with Gasteiger partial charge in [-0.3, -0.25) is 19.5 Å². The smallest absolute Gasteiger partial charge is 0.347 e. The van der Waals surface area contributed by atoms with E-state index in [1.165, 1.54) is 11.1 Å². The third-order valence-corrected chi connectivity index (χ3v) is 6.85. The molecule has 176 valence electrons. The number of carbonyl (C=O) groups excluding carboxylic acids is 3. The molecular formula is C21H16BrF3N6O3. The fourth-order valence-electron chi connectivity index (χ4n) is 4.28. The Morgan fingerprint density at radius 2 is 1.97 bits per heavy atom. The first-order valence-electron chi connectivity index (χ1n) is 10.1. The van der Waals surface area contributed by atoms with Crippen LogP contribution in [0.2, 0.25) is 0 Å². The minimum absolute atomic E-state index is 0.0953.